The molecular formula is C15H12BrF3N2O. The van der Waals surface area contributed by atoms with Gasteiger partial charge in [-0.3, -0.25) is 4.90 Å². The highest BCUT2D eigenvalue weighted by molar-refractivity contribution is 9.10. The van der Waals surface area contributed by atoms with E-state index in [0.717, 1.165) is 16.6 Å². The number of urea groups is 1. The molecule has 116 valence electrons. The summed E-state index contributed by atoms with van der Waals surface area (Å²) in [5.41, 5.74) is 0.175. The summed E-state index contributed by atoms with van der Waals surface area (Å²) in [7, 11) is 1.57. The van der Waals surface area contributed by atoms with Gasteiger partial charge >= 0.3 is 12.2 Å². The number of nitrogens with one attached hydrogen (secondary N) is 1. The number of anilines is 2. The lowest BCUT2D eigenvalue weighted by Gasteiger charge is -2.19. The molecule has 0 spiro atoms. The third-order valence-electron chi connectivity index (χ3n) is 2.98. The maximum Gasteiger partial charge on any atom is 0.416 e. The van der Waals surface area contributed by atoms with E-state index in [1.165, 1.54) is 17.0 Å². The average molecular weight is 373 g/mol. The topological polar surface area (TPSA) is 32.3 Å². The van der Waals surface area contributed by atoms with Crippen molar-refractivity contribution in [2.45, 2.75) is 6.18 Å². The predicted octanol–water partition coefficient (Wildman–Crippen LogP) is 5.14. The van der Waals surface area contributed by atoms with E-state index in [0.29, 0.717) is 5.69 Å². The molecule has 0 bridgehead atoms. The highest BCUT2D eigenvalue weighted by Crippen LogP contribution is 2.30. The van der Waals surface area contributed by atoms with Crippen LogP contribution in [0.5, 0.6) is 0 Å². The van der Waals surface area contributed by atoms with E-state index < -0.39 is 17.8 Å². The van der Waals surface area contributed by atoms with E-state index in [-0.39, 0.29) is 5.69 Å². The Morgan fingerprint density at radius 1 is 1.09 bits per heavy atom. The van der Waals surface area contributed by atoms with E-state index in [2.05, 4.69) is 21.2 Å². The van der Waals surface area contributed by atoms with Crippen LogP contribution in [-0.2, 0) is 6.18 Å². The van der Waals surface area contributed by atoms with Gasteiger partial charge in [-0.15, -0.1) is 0 Å². The molecule has 0 aliphatic carbocycles. The summed E-state index contributed by atoms with van der Waals surface area (Å²) in [5.74, 6) is 0. The maximum absolute atomic E-state index is 12.5. The van der Waals surface area contributed by atoms with Crippen LogP contribution in [-0.4, -0.2) is 13.1 Å². The number of hydrogen-bond acceptors (Lipinski definition) is 1. The molecule has 0 unspecified atom stereocenters. The molecule has 1 N–H and O–H groups in total. The van der Waals surface area contributed by atoms with E-state index in [1.54, 1.807) is 25.2 Å². The summed E-state index contributed by atoms with van der Waals surface area (Å²) in [6, 6.07) is 11.0. The van der Waals surface area contributed by atoms with Gasteiger partial charge in [0.1, 0.15) is 0 Å². The number of halogens is 4. The van der Waals surface area contributed by atoms with Gasteiger partial charge < -0.3 is 5.32 Å². The fraction of sp³-hybridized carbons (Fsp3) is 0.133. The normalized spacial score (nSPS) is 11.1. The Balaban J connectivity index is 2.10. The number of hydrogen-bond donors (Lipinski definition) is 1. The van der Waals surface area contributed by atoms with E-state index in [4.69, 9.17) is 0 Å². The number of alkyl halides is 3. The molecule has 0 saturated heterocycles. The third kappa shape index (κ3) is 3.79. The van der Waals surface area contributed by atoms with Gasteiger partial charge in [0.2, 0.25) is 0 Å². The second-order valence-corrected chi connectivity index (χ2v) is 5.37. The number of carbonyl (C=O) groups excluding carboxylic acids is 1. The van der Waals surface area contributed by atoms with Crippen molar-refractivity contribution in [1.82, 2.24) is 0 Å². The highest BCUT2D eigenvalue weighted by atomic mass is 79.9. The zero-order chi connectivity index (χ0) is 16.3. The number of rotatable bonds is 2. The van der Waals surface area contributed by atoms with Crippen molar-refractivity contribution in [2.75, 3.05) is 17.3 Å². The summed E-state index contributed by atoms with van der Waals surface area (Å²) >= 11 is 3.34. The first-order valence-corrected chi connectivity index (χ1v) is 7.05. The fourth-order valence-electron chi connectivity index (χ4n) is 1.78. The molecule has 7 heteroatoms. The van der Waals surface area contributed by atoms with Gasteiger partial charge in [0.25, 0.3) is 0 Å². The minimum absolute atomic E-state index is 0.289. The Kier molecular flexibility index (Phi) is 4.75. The average Bonchev–Trinajstić information content (AvgIpc) is 2.46. The van der Waals surface area contributed by atoms with Gasteiger partial charge in [-0.05, 0) is 52.3 Å². The third-order valence-corrected chi connectivity index (χ3v) is 3.65. The lowest BCUT2D eigenvalue weighted by molar-refractivity contribution is -0.137. The molecule has 22 heavy (non-hydrogen) atoms. The fourth-order valence-corrected chi connectivity index (χ4v) is 2.33. The van der Waals surface area contributed by atoms with Crippen LogP contribution in [0.3, 0.4) is 0 Å². The summed E-state index contributed by atoms with van der Waals surface area (Å²) in [6.45, 7) is 0. The van der Waals surface area contributed by atoms with Gasteiger partial charge in [0, 0.05) is 17.2 Å². The van der Waals surface area contributed by atoms with E-state index in [1.807, 2.05) is 6.07 Å². The van der Waals surface area contributed by atoms with Crippen LogP contribution in [0.4, 0.5) is 29.3 Å². The van der Waals surface area contributed by atoms with Crippen LogP contribution in [0.2, 0.25) is 0 Å². The lowest BCUT2D eigenvalue weighted by Crippen LogP contribution is -2.31. The molecule has 2 amide bonds. The van der Waals surface area contributed by atoms with Crippen LogP contribution >= 0.6 is 15.9 Å². The summed E-state index contributed by atoms with van der Waals surface area (Å²) in [4.78, 5) is 13.5. The van der Waals surface area contributed by atoms with Crippen LogP contribution in [0, 0.1) is 0 Å². The Morgan fingerprint density at radius 3 is 2.23 bits per heavy atom. The van der Waals surface area contributed by atoms with Gasteiger partial charge in [-0.25, -0.2) is 4.79 Å². The van der Waals surface area contributed by atoms with Crippen LogP contribution in [0.25, 0.3) is 0 Å². The van der Waals surface area contributed by atoms with Crippen molar-refractivity contribution in [3.05, 3.63) is 58.6 Å². The Bertz CT molecular complexity index is 671. The van der Waals surface area contributed by atoms with Gasteiger partial charge in [-0.1, -0.05) is 12.1 Å². The zero-order valence-corrected chi connectivity index (χ0v) is 13.1. The number of nitrogens with zero attached hydrogens (tertiary/aromatic N) is 1. The van der Waals surface area contributed by atoms with Gasteiger partial charge in [0.15, 0.2) is 0 Å². The van der Waals surface area contributed by atoms with Crippen molar-refractivity contribution >= 4 is 33.3 Å². The molecule has 0 fully saturated rings. The van der Waals surface area contributed by atoms with Crippen LogP contribution < -0.4 is 10.2 Å². The van der Waals surface area contributed by atoms with Crippen LogP contribution in [0.15, 0.2) is 53.0 Å². The van der Waals surface area contributed by atoms with Crippen LogP contribution in [0.1, 0.15) is 5.56 Å². The van der Waals surface area contributed by atoms with E-state index >= 15 is 0 Å². The van der Waals surface area contributed by atoms with Gasteiger partial charge in [0.05, 0.1) is 11.3 Å². The maximum atomic E-state index is 12.5. The highest BCUT2D eigenvalue weighted by Gasteiger charge is 2.30. The molecule has 2 aromatic rings. The first-order chi connectivity index (χ1) is 10.3. The Labute approximate surface area is 133 Å². The number of benzene rings is 2. The van der Waals surface area contributed by atoms with Crippen molar-refractivity contribution in [2.24, 2.45) is 0 Å². The molecular weight excluding hydrogens is 361 g/mol. The Hall–Kier alpha value is -2.02. The minimum Gasteiger partial charge on any atom is -0.308 e. The van der Waals surface area contributed by atoms with Crippen molar-refractivity contribution in [3.8, 4) is 0 Å². The molecule has 0 atom stereocenters. The molecule has 0 heterocycles. The quantitative estimate of drug-likeness (QED) is 0.777. The van der Waals surface area contributed by atoms with Crippen molar-refractivity contribution < 1.29 is 18.0 Å². The summed E-state index contributed by atoms with van der Waals surface area (Å²) in [5, 5.41) is 2.54. The predicted molar refractivity (Wildman–Crippen MR) is 83.0 cm³/mol. The summed E-state index contributed by atoms with van der Waals surface area (Å²) in [6.07, 6.45) is -4.39. The smallest absolute Gasteiger partial charge is 0.308 e. The van der Waals surface area contributed by atoms with E-state index in [9.17, 15) is 18.0 Å². The lowest BCUT2D eigenvalue weighted by atomic mass is 10.2. The first-order valence-electron chi connectivity index (χ1n) is 6.25. The second kappa shape index (κ2) is 6.39. The molecule has 0 aliphatic heterocycles. The molecule has 2 rings (SSSR count). The number of carbonyl (C=O) groups is 1. The molecule has 3 nitrogen and oxygen atoms in total. The monoisotopic (exact) mass is 372 g/mol. The molecule has 0 aliphatic rings. The molecule has 0 radical (unpaired) electrons. The van der Waals surface area contributed by atoms with Crippen molar-refractivity contribution in [1.29, 1.82) is 0 Å². The molecule has 0 saturated carbocycles. The number of amides is 2. The first kappa shape index (κ1) is 16.4. The Morgan fingerprint density at radius 2 is 1.68 bits per heavy atom. The molecule has 2 aromatic carbocycles. The standard InChI is InChI=1S/C15H12BrF3N2O/c1-21(13-5-3-2-4-12(13)16)14(22)20-11-8-6-10(7-9-11)15(17,18)19/h2-9H,1H3,(H,20,22). The number of para-hydroxylation sites is 1. The SMILES string of the molecule is CN(C(=O)Nc1ccc(C(F)(F)F)cc1)c1ccccc1Br. The largest absolute Gasteiger partial charge is 0.416 e. The molecule has 0 aromatic heterocycles. The zero-order valence-electron chi connectivity index (χ0n) is 11.5. The summed E-state index contributed by atoms with van der Waals surface area (Å²) < 4.78 is 38.2. The minimum atomic E-state index is -4.39. The second-order valence-electron chi connectivity index (χ2n) is 4.52. The van der Waals surface area contributed by atoms with Crippen molar-refractivity contribution in [3.63, 3.8) is 0 Å². The van der Waals surface area contributed by atoms with Gasteiger partial charge in [-0.2, -0.15) is 13.2 Å².